The molecule has 1 aromatic rings. The van der Waals surface area contributed by atoms with Gasteiger partial charge in [0.1, 0.15) is 0 Å². The van der Waals surface area contributed by atoms with E-state index >= 15 is 0 Å². The first-order valence-electron chi connectivity index (χ1n) is 14.2. The number of hydrogen-bond donors (Lipinski definition) is 0. The summed E-state index contributed by atoms with van der Waals surface area (Å²) >= 11 is 0. The zero-order chi connectivity index (χ0) is 25.1. The van der Waals surface area contributed by atoms with E-state index in [1.807, 2.05) is 18.0 Å². The van der Waals surface area contributed by atoms with Gasteiger partial charge < -0.3 is 19.0 Å². The molecular weight excluding hydrogens is 452 g/mol. The van der Waals surface area contributed by atoms with E-state index in [1.165, 1.54) is 37.7 Å². The van der Waals surface area contributed by atoms with Crippen molar-refractivity contribution >= 4 is 6.03 Å². The zero-order valence-electron chi connectivity index (χ0n) is 22.2. The third-order valence-corrected chi connectivity index (χ3v) is 11.3. The molecular formula is C30H42N2O4. The molecule has 6 rings (SSSR count). The van der Waals surface area contributed by atoms with Gasteiger partial charge in [-0.1, -0.05) is 25.5 Å². The summed E-state index contributed by atoms with van der Waals surface area (Å²) in [6, 6.07) is 4.10. The molecule has 0 bridgehead atoms. The molecule has 0 aromatic carbocycles. The van der Waals surface area contributed by atoms with Crippen molar-refractivity contribution in [1.82, 2.24) is 9.80 Å². The van der Waals surface area contributed by atoms with Crippen molar-refractivity contribution in [3.05, 3.63) is 46.0 Å². The number of urea groups is 1. The molecule has 2 heterocycles. The molecule has 5 aliphatic rings. The summed E-state index contributed by atoms with van der Waals surface area (Å²) in [5, 5.41) is 0. The van der Waals surface area contributed by atoms with E-state index in [4.69, 9.17) is 9.15 Å². The van der Waals surface area contributed by atoms with Gasteiger partial charge in [0, 0.05) is 32.2 Å². The Morgan fingerprint density at radius 2 is 1.89 bits per heavy atom. The van der Waals surface area contributed by atoms with E-state index in [0.29, 0.717) is 55.5 Å². The summed E-state index contributed by atoms with van der Waals surface area (Å²) < 4.78 is 10.7. The van der Waals surface area contributed by atoms with Crippen LogP contribution in [0.25, 0.3) is 0 Å². The van der Waals surface area contributed by atoms with Gasteiger partial charge in [0.2, 0.25) is 0 Å². The minimum atomic E-state index is -0.266. The van der Waals surface area contributed by atoms with E-state index in [-0.39, 0.29) is 17.1 Å². The maximum atomic E-state index is 13.2. The highest BCUT2D eigenvalue weighted by Gasteiger charge is 2.58. The second-order valence-corrected chi connectivity index (χ2v) is 12.7. The van der Waals surface area contributed by atoms with E-state index in [0.717, 1.165) is 25.2 Å². The molecule has 1 aromatic heterocycles. The molecule has 2 amide bonds. The molecule has 4 fully saturated rings. The SMILES string of the molecule is CN(C(=O)N1CCOCC1)[C@H]1CC[C@@]2(C)[C@H](CC[C@H]3C4=CC[C@H](c5ccc(=O)oc5)[C@@]4(C)CC[C@@H]32)C1. The summed E-state index contributed by atoms with van der Waals surface area (Å²) in [7, 11) is 2.03. The molecule has 0 N–H and O–H groups in total. The van der Waals surface area contributed by atoms with Crippen LogP contribution in [0.3, 0.4) is 0 Å². The van der Waals surface area contributed by atoms with Crippen LogP contribution >= 0.6 is 0 Å². The van der Waals surface area contributed by atoms with Gasteiger partial charge in [0.05, 0.1) is 19.5 Å². The number of hydrogen-bond acceptors (Lipinski definition) is 4. The van der Waals surface area contributed by atoms with Crippen molar-refractivity contribution in [2.75, 3.05) is 33.4 Å². The molecule has 0 radical (unpaired) electrons. The van der Waals surface area contributed by atoms with E-state index in [1.54, 1.807) is 17.9 Å². The summed E-state index contributed by atoms with van der Waals surface area (Å²) in [6.07, 6.45) is 13.8. The van der Waals surface area contributed by atoms with E-state index in [9.17, 15) is 9.59 Å². The fourth-order valence-corrected chi connectivity index (χ4v) is 9.12. The number of ether oxygens (including phenoxy) is 1. The van der Waals surface area contributed by atoms with Gasteiger partial charge in [-0.15, -0.1) is 0 Å². The number of rotatable bonds is 2. The van der Waals surface area contributed by atoms with Crippen LogP contribution in [-0.2, 0) is 4.74 Å². The first-order valence-corrected chi connectivity index (χ1v) is 14.2. The highest BCUT2D eigenvalue weighted by molar-refractivity contribution is 5.74. The molecule has 1 saturated heterocycles. The Morgan fingerprint density at radius 1 is 1.08 bits per heavy atom. The Hall–Kier alpha value is -2.08. The number of fused-ring (bicyclic) bond motifs is 5. The van der Waals surface area contributed by atoms with Crippen LogP contribution in [0.5, 0.6) is 0 Å². The van der Waals surface area contributed by atoms with E-state index < -0.39 is 0 Å². The largest absolute Gasteiger partial charge is 0.431 e. The monoisotopic (exact) mass is 494 g/mol. The lowest BCUT2D eigenvalue weighted by molar-refractivity contribution is -0.0685. The highest BCUT2D eigenvalue weighted by Crippen LogP contribution is 2.67. The maximum Gasteiger partial charge on any atom is 0.335 e. The van der Waals surface area contributed by atoms with Crippen molar-refractivity contribution in [1.29, 1.82) is 0 Å². The molecule has 6 heteroatoms. The van der Waals surface area contributed by atoms with Crippen molar-refractivity contribution in [2.45, 2.75) is 77.2 Å². The number of morpholine rings is 1. The molecule has 0 spiro atoms. The van der Waals surface area contributed by atoms with Crippen LogP contribution in [0.1, 0.15) is 76.7 Å². The number of amides is 2. The van der Waals surface area contributed by atoms with Crippen LogP contribution in [0, 0.1) is 28.6 Å². The van der Waals surface area contributed by atoms with Crippen LogP contribution in [0.2, 0.25) is 0 Å². The summed E-state index contributed by atoms with van der Waals surface area (Å²) in [6.45, 7) is 7.78. The van der Waals surface area contributed by atoms with E-state index in [2.05, 4.69) is 24.8 Å². The number of nitrogens with zero attached hydrogens (tertiary/aromatic N) is 2. The van der Waals surface area contributed by atoms with Gasteiger partial charge in [0.25, 0.3) is 0 Å². The number of carbonyl (C=O) groups is 1. The maximum absolute atomic E-state index is 13.2. The van der Waals surface area contributed by atoms with Crippen molar-refractivity contribution in [3.63, 3.8) is 0 Å². The smallest absolute Gasteiger partial charge is 0.335 e. The Balaban J connectivity index is 1.16. The average Bonchev–Trinajstić information content (AvgIpc) is 3.25. The Labute approximate surface area is 215 Å². The highest BCUT2D eigenvalue weighted by atomic mass is 16.5. The lowest BCUT2D eigenvalue weighted by Crippen LogP contribution is -2.56. The summed E-state index contributed by atoms with van der Waals surface area (Å²) in [4.78, 5) is 28.7. The quantitative estimate of drug-likeness (QED) is 0.514. The predicted molar refractivity (Wildman–Crippen MR) is 139 cm³/mol. The second-order valence-electron chi connectivity index (χ2n) is 12.7. The molecule has 196 valence electrons. The Kier molecular flexibility index (Phi) is 6.09. The molecule has 7 atom stereocenters. The van der Waals surface area contributed by atoms with Crippen LogP contribution in [0.4, 0.5) is 4.79 Å². The Morgan fingerprint density at radius 3 is 2.64 bits per heavy atom. The first kappa shape index (κ1) is 24.3. The van der Waals surface area contributed by atoms with Gasteiger partial charge >= 0.3 is 11.7 Å². The predicted octanol–water partition coefficient (Wildman–Crippen LogP) is 5.44. The van der Waals surface area contributed by atoms with Crippen LogP contribution in [0.15, 0.2) is 39.3 Å². The summed E-state index contributed by atoms with van der Waals surface area (Å²) in [5.41, 5.74) is 3.14. The van der Waals surface area contributed by atoms with Crippen LogP contribution in [-0.4, -0.2) is 55.2 Å². The standard InChI is InChI=1S/C30H42N2O4/c1-29-12-10-22(31(3)28(34)32-14-16-35-17-15-32)18-21(29)5-6-23-25-8-7-24(20-4-9-27(33)36-19-20)30(25,2)13-11-26(23)29/h4,8-9,19,21-24,26H,5-7,10-18H2,1-3H3/t21-,22+,23+,24-,26+,29+,30-/m1/s1. The molecule has 0 unspecified atom stereocenters. The molecule has 3 saturated carbocycles. The second kappa shape index (κ2) is 9.04. The topological polar surface area (TPSA) is 63.0 Å². The first-order chi connectivity index (χ1) is 17.3. The van der Waals surface area contributed by atoms with Gasteiger partial charge in [0.15, 0.2) is 0 Å². The fraction of sp³-hybridized carbons (Fsp3) is 0.733. The minimum absolute atomic E-state index is 0.173. The molecule has 1 aliphatic heterocycles. The third-order valence-electron chi connectivity index (χ3n) is 11.3. The van der Waals surface area contributed by atoms with Crippen molar-refractivity contribution in [2.24, 2.45) is 28.6 Å². The van der Waals surface area contributed by atoms with Crippen molar-refractivity contribution in [3.8, 4) is 0 Å². The number of carbonyl (C=O) groups excluding carboxylic acids is 1. The number of allylic oxidation sites excluding steroid dienone is 2. The lowest BCUT2D eigenvalue weighted by Gasteiger charge is -2.60. The fourth-order valence-electron chi connectivity index (χ4n) is 9.12. The third kappa shape index (κ3) is 3.77. The average molecular weight is 495 g/mol. The van der Waals surface area contributed by atoms with Crippen LogP contribution < -0.4 is 5.63 Å². The lowest BCUT2D eigenvalue weighted by atomic mass is 9.45. The minimum Gasteiger partial charge on any atom is -0.431 e. The Bertz CT molecular complexity index is 1070. The van der Waals surface area contributed by atoms with Crippen molar-refractivity contribution < 1.29 is 13.9 Å². The molecule has 4 aliphatic carbocycles. The molecule has 6 nitrogen and oxygen atoms in total. The summed E-state index contributed by atoms with van der Waals surface area (Å²) in [5.74, 6) is 2.53. The van der Waals surface area contributed by atoms with Gasteiger partial charge in [-0.25, -0.2) is 9.59 Å². The normalized spacial score (nSPS) is 40.0. The molecule has 36 heavy (non-hydrogen) atoms. The zero-order valence-corrected chi connectivity index (χ0v) is 22.2. The van der Waals surface area contributed by atoms with Gasteiger partial charge in [-0.3, -0.25) is 0 Å². The van der Waals surface area contributed by atoms with Gasteiger partial charge in [-0.2, -0.15) is 0 Å². The van der Waals surface area contributed by atoms with Gasteiger partial charge in [-0.05, 0) is 97.5 Å².